The molecule has 0 aliphatic carbocycles. The molecular formula is C24H27BrClN3O4S. The first-order valence-electron chi connectivity index (χ1n) is 11.3. The minimum Gasteiger partial charge on any atom is -0.326 e. The standard InChI is InChI=1S/C24H27BrClN3O4S/c1-3-23(30)29-11-9-16-12-18(25)22(13-21(16)29)34(32,33)28-10-5-6-17(14-28)24(31)27-20-8-4-7-19(26)15(20)2/h4,7-8,12-13,17H,3,5-6,9-11,14H2,1-2H3,(H,27,31). The molecule has 0 radical (unpaired) electrons. The quantitative estimate of drug-likeness (QED) is 0.564. The summed E-state index contributed by atoms with van der Waals surface area (Å²) in [6, 6.07) is 8.68. The van der Waals surface area contributed by atoms with Crippen LogP contribution < -0.4 is 10.2 Å². The van der Waals surface area contributed by atoms with E-state index in [1.54, 1.807) is 42.2 Å². The fourth-order valence-electron chi connectivity index (χ4n) is 4.53. The lowest BCUT2D eigenvalue weighted by atomic mass is 9.98. The summed E-state index contributed by atoms with van der Waals surface area (Å²) in [7, 11) is -3.88. The third kappa shape index (κ3) is 4.76. The summed E-state index contributed by atoms with van der Waals surface area (Å²) in [4.78, 5) is 27.1. The zero-order valence-corrected chi connectivity index (χ0v) is 22.3. The zero-order valence-electron chi connectivity index (χ0n) is 19.1. The summed E-state index contributed by atoms with van der Waals surface area (Å²) >= 11 is 9.59. The van der Waals surface area contributed by atoms with E-state index < -0.39 is 15.9 Å². The first-order valence-corrected chi connectivity index (χ1v) is 13.9. The summed E-state index contributed by atoms with van der Waals surface area (Å²) in [5.41, 5.74) is 2.99. The summed E-state index contributed by atoms with van der Waals surface area (Å²) in [5, 5.41) is 3.46. The number of nitrogens with zero attached hydrogens (tertiary/aromatic N) is 2. The maximum atomic E-state index is 13.6. The Morgan fingerprint density at radius 2 is 2.00 bits per heavy atom. The molecule has 0 spiro atoms. The van der Waals surface area contributed by atoms with E-state index in [1.165, 1.54) is 4.31 Å². The van der Waals surface area contributed by atoms with Gasteiger partial charge in [0.05, 0.1) is 10.8 Å². The number of hydrogen-bond acceptors (Lipinski definition) is 4. The number of nitrogens with one attached hydrogen (secondary N) is 1. The van der Waals surface area contributed by atoms with Crippen molar-refractivity contribution in [2.45, 2.75) is 44.4 Å². The molecule has 1 unspecified atom stereocenters. The lowest BCUT2D eigenvalue weighted by Crippen LogP contribution is -2.43. The van der Waals surface area contributed by atoms with Crippen LogP contribution >= 0.6 is 27.5 Å². The number of anilines is 2. The molecule has 1 fully saturated rings. The molecule has 2 aliphatic heterocycles. The number of benzene rings is 2. The Labute approximate surface area is 213 Å². The number of rotatable bonds is 5. The van der Waals surface area contributed by atoms with Crippen LogP contribution in [0.1, 0.15) is 37.3 Å². The van der Waals surface area contributed by atoms with Crippen molar-refractivity contribution in [1.82, 2.24) is 4.31 Å². The van der Waals surface area contributed by atoms with Gasteiger partial charge >= 0.3 is 0 Å². The molecule has 34 heavy (non-hydrogen) atoms. The highest BCUT2D eigenvalue weighted by atomic mass is 79.9. The van der Waals surface area contributed by atoms with E-state index in [0.717, 1.165) is 11.1 Å². The predicted molar refractivity (Wildman–Crippen MR) is 137 cm³/mol. The van der Waals surface area contributed by atoms with Crippen molar-refractivity contribution in [3.8, 4) is 0 Å². The second-order valence-corrected chi connectivity index (χ2v) is 11.8. The maximum Gasteiger partial charge on any atom is 0.244 e. The molecule has 0 aromatic heterocycles. The van der Waals surface area contributed by atoms with Crippen LogP contribution in [0.4, 0.5) is 11.4 Å². The van der Waals surface area contributed by atoms with Gasteiger partial charge < -0.3 is 10.2 Å². The third-order valence-electron chi connectivity index (χ3n) is 6.53. The van der Waals surface area contributed by atoms with E-state index in [-0.39, 0.29) is 23.3 Å². The van der Waals surface area contributed by atoms with E-state index in [9.17, 15) is 18.0 Å². The summed E-state index contributed by atoms with van der Waals surface area (Å²) in [6.45, 7) is 4.60. The minimum atomic E-state index is -3.88. The van der Waals surface area contributed by atoms with Gasteiger partial charge in [-0.05, 0) is 77.5 Å². The van der Waals surface area contributed by atoms with Gasteiger partial charge in [0.25, 0.3) is 0 Å². The van der Waals surface area contributed by atoms with Gasteiger partial charge in [-0.15, -0.1) is 0 Å². The van der Waals surface area contributed by atoms with Crippen molar-refractivity contribution in [2.24, 2.45) is 5.92 Å². The van der Waals surface area contributed by atoms with Crippen LogP contribution in [0.15, 0.2) is 39.7 Å². The Morgan fingerprint density at radius 1 is 1.24 bits per heavy atom. The second-order valence-electron chi connectivity index (χ2n) is 8.66. The normalized spacial score (nSPS) is 18.6. The number of piperidine rings is 1. The number of fused-ring (bicyclic) bond motifs is 1. The average molecular weight is 569 g/mol. The highest BCUT2D eigenvalue weighted by Crippen LogP contribution is 2.37. The number of carbonyl (C=O) groups is 2. The molecule has 2 amide bonds. The van der Waals surface area contributed by atoms with Crippen molar-refractivity contribution in [3.63, 3.8) is 0 Å². The fourth-order valence-corrected chi connectivity index (χ4v) is 7.30. The first-order chi connectivity index (χ1) is 16.1. The summed E-state index contributed by atoms with van der Waals surface area (Å²) < 4.78 is 29.1. The summed E-state index contributed by atoms with van der Waals surface area (Å²) in [6.07, 6.45) is 2.22. The van der Waals surface area contributed by atoms with Crippen LogP contribution in [0, 0.1) is 12.8 Å². The first kappa shape index (κ1) is 25.2. The molecule has 2 heterocycles. The smallest absolute Gasteiger partial charge is 0.244 e. The van der Waals surface area contributed by atoms with Crippen LogP contribution in [0.25, 0.3) is 0 Å². The number of amides is 2. The highest BCUT2D eigenvalue weighted by Gasteiger charge is 2.36. The topological polar surface area (TPSA) is 86.8 Å². The molecule has 0 bridgehead atoms. The van der Waals surface area contributed by atoms with E-state index in [4.69, 9.17) is 11.6 Å². The van der Waals surface area contributed by atoms with Gasteiger partial charge in [-0.3, -0.25) is 9.59 Å². The Kier molecular flexibility index (Phi) is 7.38. The van der Waals surface area contributed by atoms with Crippen molar-refractivity contribution in [1.29, 1.82) is 0 Å². The van der Waals surface area contributed by atoms with Crippen molar-refractivity contribution in [2.75, 3.05) is 29.9 Å². The van der Waals surface area contributed by atoms with Crippen LogP contribution in [-0.4, -0.2) is 44.2 Å². The monoisotopic (exact) mass is 567 g/mol. The molecule has 7 nitrogen and oxygen atoms in total. The number of hydrogen-bond donors (Lipinski definition) is 1. The Hall–Kier alpha value is -1.94. The third-order valence-corrected chi connectivity index (χ3v) is 9.76. The molecule has 2 aromatic carbocycles. The Morgan fingerprint density at radius 3 is 2.74 bits per heavy atom. The molecule has 182 valence electrons. The highest BCUT2D eigenvalue weighted by molar-refractivity contribution is 9.10. The Bertz CT molecular complexity index is 1250. The molecule has 1 atom stereocenters. The van der Waals surface area contributed by atoms with Crippen LogP contribution in [0.3, 0.4) is 0 Å². The number of halogens is 2. The van der Waals surface area contributed by atoms with E-state index in [1.807, 2.05) is 6.92 Å². The maximum absolute atomic E-state index is 13.6. The van der Waals surface area contributed by atoms with E-state index in [0.29, 0.717) is 59.6 Å². The van der Waals surface area contributed by atoms with Crippen molar-refractivity contribution < 1.29 is 18.0 Å². The molecule has 4 rings (SSSR count). The zero-order chi connectivity index (χ0) is 24.6. The largest absolute Gasteiger partial charge is 0.326 e. The van der Waals surface area contributed by atoms with Crippen LogP contribution in [-0.2, 0) is 26.0 Å². The van der Waals surface area contributed by atoms with Crippen LogP contribution in [0.2, 0.25) is 5.02 Å². The van der Waals surface area contributed by atoms with Gasteiger partial charge in [0.15, 0.2) is 0 Å². The molecular weight excluding hydrogens is 542 g/mol. The fraction of sp³-hybridized carbons (Fsp3) is 0.417. The van der Waals surface area contributed by atoms with Gasteiger partial charge in [0.2, 0.25) is 21.8 Å². The van der Waals surface area contributed by atoms with Gasteiger partial charge in [0, 0.05) is 46.9 Å². The molecule has 0 saturated carbocycles. The summed E-state index contributed by atoms with van der Waals surface area (Å²) in [5.74, 6) is -0.735. The predicted octanol–water partition coefficient (Wildman–Crippen LogP) is 4.75. The minimum absolute atomic E-state index is 0.0320. The molecule has 10 heteroatoms. The van der Waals surface area contributed by atoms with Gasteiger partial charge in [-0.25, -0.2) is 8.42 Å². The van der Waals surface area contributed by atoms with E-state index in [2.05, 4.69) is 21.2 Å². The Balaban J connectivity index is 1.57. The molecule has 2 aliphatic rings. The lowest BCUT2D eigenvalue weighted by molar-refractivity contribution is -0.121. The number of carbonyl (C=O) groups excluding carboxylic acids is 2. The van der Waals surface area contributed by atoms with E-state index >= 15 is 0 Å². The van der Waals surface area contributed by atoms with Gasteiger partial charge in [-0.1, -0.05) is 24.6 Å². The number of sulfonamides is 1. The molecule has 1 saturated heterocycles. The average Bonchev–Trinajstić information content (AvgIpc) is 3.23. The van der Waals surface area contributed by atoms with Crippen molar-refractivity contribution in [3.05, 3.63) is 51.0 Å². The molecule has 2 aromatic rings. The van der Waals surface area contributed by atoms with Crippen molar-refractivity contribution >= 4 is 60.7 Å². The molecule has 1 N–H and O–H groups in total. The van der Waals surface area contributed by atoms with Crippen LogP contribution in [0.5, 0.6) is 0 Å². The second kappa shape index (κ2) is 9.97. The SMILES string of the molecule is CCC(=O)N1CCc2cc(Br)c(S(=O)(=O)N3CCCC(C(=O)Nc4cccc(Cl)c4C)C3)cc21. The van der Waals surface area contributed by atoms with Gasteiger partial charge in [0.1, 0.15) is 0 Å². The van der Waals surface area contributed by atoms with Gasteiger partial charge in [-0.2, -0.15) is 4.31 Å². The lowest BCUT2D eigenvalue weighted by Gasteiger charge is -2.32.